The summed E-state index contributed by atoms with van der Waals surface area (Å²) in [4.78, 5) is 4.22. The van der Waals surface area contributed by atoms with Crippen molar-refractivity contribution in [3.8, 4) is 11.4 Å². The Morgan fingerprint density at radius 1 is 1.33 bits per heavy atom. The second kappa shape index (κ2) is 6.13. The Morgan fingerprint density at radius 3 is 3.00 bits per heavy atom. The van der Waals surface area contributed by atoms with E-state index >= 15 is 0 Å². The maximum absolute atomic E-state index is 8.57. The minimum absolute atomic E-state index is 0.0336. The highest BCUT2D eigenvalue weighted by Crippen LogP contribution is 2.16. The normalized spacial score (nSPS) is 10.7. The minimum atomic E-state index is 0.0336. The predicted octanol–water partition coefficient (Wildman–Crippen LogP) is 0.536. The van der Waals surface area contributed by atoms with Gasteiger partial charge in [-0.05, 0) is 12.1 Å². The lowest BCUT2D eigenvalue weighted by Crippen LogP contribution is -2.08. The molecule has 0 unspecified atom stereocenters. The van der Waals surface area contributed by atoms with Crippen molar-refractivity contribution in [1.29, 1.82) is 0 Å². The molecule has 0 aliphatic carbocycles. The third-order valence-corrected chi connectivity index (χ3v) is 2.38. The number of anilines is 1. The molecule has 1 aromatic carbocycles. The van der Waals surface area contributed by atoms with Crippen LogP contribution in [-0.4, -0.2) is 39.7 Å². The molecule has 0 radical (unpaired) electrons. The van der Waals surface area contributed by atoms with E-state index in [2.05, 4.69) is 10.1 Å². The van der Waals surface area contributed by atoms with E-state index in [0.717, 1.165) is 5.56 Å². The highest BCUT2D eigenvalue weighted by Gasteiger charge is 2.04. The van der Waals surface area contributed by atoms with Crippen LogP contribution in [0.5, 0.6) is 0 Å². The fourth-order valence-corrected chi connectivity index (χ4v) is 1.54. The van der Waals surface area contributed by atoms with Crippen LogP contribution in [0.15, 0.2) is 30.6 Å². The smallest absolute Gasteiger partial charge is 0.181 e. The number of aromatic nitrogens is 3. The second-order valence-corrected chi connectivity index (χ2v) is 3.79. The molecule has 18 heavy (non-hydrogen) atoms. The van der Waals surface area contributed by atoms with Gasteiger partial charge in [0.2, 0.25) is 0 Å². The van der Waals surface area contributed by atoms with E-state index in [1.807, 2.05) is 24.3 Å². The summed E-state index contributed by atoms with van der Waals surface area (Å²) in [6.45, 7) is 1.48. The summed E-state index contributed by atoms with van der Waals surface area (Å²) in [6.07, 6.45) is 1.65. The lowest BCUT2D eigenvalue weighted by Gasteiger charge is -2.01. The van der Waals surface area contributed by atoms with Gasteiger partial charge in [0.1, 0.15) is 6.33 Å². The molecule has 0 aliphatic rings. The monoisotopic (exact) mass is 248 g/mol. The lowest BCUT2D eigenvalue weighted by molar-refractivity contribution is 0.0853. The highest BCUT2D eigenvalue weighted by atomic mass is 16.5. The summed E-state index contributed by atoms with van der Waals surface area (Å²) in [6, 6.07) is 7.44. The molecule has 0 saturated heterocycles. The van der Waals surface area contributed by atoms with Crippen molar-refractivity contribution in [2.24, 2.45) is 0 Å². The van der Waals surface area contributed by atoms with Crippen molar-refractivity contribution in [3.05, 3.63) is 30.6 Å². The number of aliphatic hydroxyl groups excluding tert-OH is 1. The molecule has 6 heteroatoms. The Kier molecular flexibility index (Phi) is 4.27. The quantitative estimate of drug-likeness (QED) is 0.575. The molecule has 0 atom stereocenters. The Morgan fingerprint density at radius 2 is 2.22 bits per heavy atom. The van der Waals surface area contributed by atoms with Crippen LogP contribution in [0, 0.1) is 0 Å². The highest BCUT2D eigenvalue weighted by molar-refractivity contribution is 5.60. The van der Waals surface area contributed by atoms with Crippen LogP contribution in [-0.2, 0) is 11.3 Å². The van der Waals surface area contributed by atoms with Gasteiger partial charge in [-0.15, -0.1) is 0 Å². The van der Waals surface area contributed by atoms with Gasteiger partial charge in [-0.1, -0.05) is 12.1 Å². The molecule has 1 heterocycles. The summed E-state index contributed by atoms with van der Waals surface area (Å²) in [5, 5.41) is 12.9. The molecule has 0 bridgehead atoms. The van der Waals surface area contributed by atoms with Gasteiger partial charge in [0.15, 0.2) is 5.82 Å². The van der Waals surface area contributed by atoms with Gasteiger partial charge in [0, 0.05) is 11.3 Å². The molecule has 2 aromatic rings. The molecular weight excluding hydrogens is 232 g/mol. The maximum atomic E-state index is 8.57. The van der Waals surface area contributed by atoms with E-state index in [1.54, 1.807) is 11.0 Å². The Labute approximate surface area is 105 Å². The Hall–Kier alpha value is -1.92. The first-order valence-corrected chi connectivity index (χ1v) is 5.73. The van der Waals surface area contributed by atoms with E-state index in [0.29, 0.717) is 31.3 Å². The van der Waals surface area contributed by atoms with Gasteiger partial charge in [-0.3, -0.25) is 4.68 Å². The number of nitrogens with two attached hydrogens (primary N) is 1. The van der Waals surface area contributed by atoms with Gasteiger partial charge in [0.05, 0.1) is 26.4 Å². The van der Waals surface area contributed by atoms with Crippen LogP contribution >= 0.6 is 0 Å². The van der Waals surface area contributed by atoms with Crippen molar-refractivity contribution >= 4 is 5.69 Å². The average Bonchev–Trinajstić information content (AvgIpc) is 2.83. The van der Waals surface area contributed by atoms with E-state index in [4.69, 9.17) is 15.6 Å². The average molecular weight is 248 g/mol. The van der Waals surface area contributed by atoms with Crippen LogP contribution in [0.25, 0.3) is 11.4 Å². The third-order valence-electron chi connectivity index (χ3n) is 2.38. The third kappa shape index (κ3) is 3.28. The summed E-state index contributed by atoms with van der Waals surface area (Å²) in [5.74, 6) is 0.643. The Bertz CT molecular complexity index is 498. The predicted molar refractivity (Wildman–Crippen MR) is 67.8 cm³/mol. The zero-order valence-electron chi connectivity index (χ0n) is 9.99. The molecule has 96 valence electrons. The first-order valence-electron chi connectivity index (χ1n) is 5.73. The van der Waals surface area contributed by atoms with Crippen LogP contribution in [0.2, 0.25) is 0 Å². The number of ether oxygens (including phenoxy) is 1. The summed E-state index contributed by atoms with van der Waals surface area (Å²) in [5.41, 5.74) is 7.29. The fraction of sp³-hybridized carbons (Fsp3) is 0.333. The van der Waals surface area contributed by atoms with E-state index in [1.165, 1.54) is 0 Å². The SMILES string of the molecule is Nc1cccc(-c2ncn(CCOCCO)n2)c1. The molecule has 3 N–H and O–H groups in total. The minimum Gasteiger partial charge on any atom is -0.399 e. The van der Waals surface area contributed by atoms with Gasteiger partial charge < -0.3 is 15.6 Å². The lowest BCUT2D eigenvalue weighted by atomic mass is 10.2. The number of rotatable bonds is 6. The van der Waals surface area contributed by atoms with Crippen molar-refractivity contribution in [2.45, 2.75) is 6.54 Å². The van der Waals surface area contributed by atoms with Crippen LogP contribution < -0.4 is 5.73 Å². The number of aliphatic hydroxyl groups is 1. The summed E-state index contributed by atoms with van der Waals surface area (Å²) >= 11 is 0. The largest absolute Gasteiger partial charge is 0.399 e. The first-order chi connectivity index (χ1) is 8.79. The zero-order valence-corrected chi connectivity index (χ0v) is 9.99. The molecule has 6 nitrogen and oxygen atoms in total. The molecular formula is C12H16N4O2. The number of nitrogen functional groups attached to an aromatic ring is 1. The zero-order chi connectivity index (χ0) is 12.8. The molecule has 0 saturated carbocycles. The standard InChI is InChI=1S/C12H16N4O2/c13-11-3-1-2-10(8-11)12-14-9-16(15-12)4-6-18-7-5-17/h1-3,8-9,17H,4-7,13H2. The number of hydrogen-bond acceptors (Lipinski definition) is 5. The van der Waals surface area contributed by atoms with E-state index in [9.17, 15) is 0 Å². The van der Waals surface area contributed by atoms with Crippen molar-refractivity contribution < 1.29 is 9.84 Å². The number of nitrogens with zero attached hydrogens (tertiary/aromatic N) is 3. The fourth-order valence-electron chi connectivity index (χ4n) is 1.54. The second-order valence-electron chi connectivity index (χ2n) is 3.79. The molecule has 0 spiro atoms. The van der Waals surface area contributed by atoms with Crippen molar-refractivity contribution in [3.63, 3.8) is 0 Å². The molecule has 1 aromatic heterocycles. The Balaban J connectivity index is 1.97. The van der Waals surface area contributed by atoms with Gasteiger partial charge in [-0.2, -0.15) is 5.10 Å². The topological polar surface area (TPSA) is 86.2 Å². The van der Waals surface area contributed by atoms with Crippen molar-refractivity contribution in [1.82, 2.24) is 14.8 Å². The van der Waals surface area contributed by atoms with Crippen LogP contribution in [0.1, 0.15) is 0 Å². The first kappa shape index (κ1) is 12.5. The van der Waals surface area contributed by atoms with Gasteiger partial charge in [0.25, 0.3) is 0 Å². The van der Waals surface area contributed by atoms with Gasteiger partial charge >= 0.3 is 0 Å². The van der Waals surface area contributed by atoms with Crippen LogP contribution in [0.3, 0.4) is 0 Å². The van der Waals surface area contributed by atoms with Crippen molar-refractivity contribution in [2.75, 3.05) is 25.6 Å². The molecule has 0 fully saturated rings. The van der Waals surface area contributed by atoms with E-state index < -0.39 is 0 Å². The maximum Gasteiger partial charge on any atom is 0.181 e. The molecule has 2 rings (SSSR count). The molecule has 0 aliphatic heterocycles. The summed E-state index contributed by atoms with van der Waals surface area (Å²) < 4.78 is 6.87. The number of hydrogen-bond donors (Lipinski definition) is 2. The number of benzene rings is 1. The van der Waals surface area contributed by atoms with Crippen LogP contribution in [0.4, 0.5) is 5.69 Å². The van der Waals surface area contributed by atoms with E-state index in [-0.39, 0.29) is 6.61 Å². The molecule has 0 amide bonds. The van der Waals surface area contributed by atoms with Gasteiger partial charge in [-0.25, -0.2) is 4.98 Å². The summed E-state index contributed by atoms with van der Waals surface area (Å²) in [7, 11) is 0.